The topological polar surface area (TPSA) is 90.1 Å². The summed E-state index contributed by atoms with van der Waals surface area (Å²) in [5.41, 5.74) is 1.07. The number of pyridine rings is 1. The number of fused-ring (bicyclic) bond motifs is 1. The number of hydrogen-bond acceptors (Lipinski definition) is 5. The van der Waals surface area contributed by atoms with Gasteiger partial charge in [0.15, 0.2) is 5.82 Å². The molecule has 1 aliphatic rings. The maximum absolute atomic E-state index is 15.0. The van der Waals surface area contributed by atoms with Gasteiger partial charge in [0.2, 0.25) is 5.78 Å². The van der Waals surface area contributed by atoms with Crippen molar-refractivity contribution in [3.05, 3.63) is 53.4 Å². The number of benzene rings is 1. The van der Waals surface area contributed by atoms with Gasteiger partial charge in [-0.15, -0.1) is 0 Å². The molecule has 3 heterocycles. The zero-order valence-corrected chi connectivity index (χ0v) is 24.3. The second kappa shape index (κ2) is 14.3. The van der Waals surface area contributed by atoms with Crippen LogP contribution in [0.5, 0.6) is 0 Å². The Morgan fingerprint density at radius 1 is 1.16 bits per heavy atom. The molecule has 0 spiro atoms. The molecule has 0 aliphatic carbocycles. The number of carbonyl (C=O) groups is 1. The number of halogens is 2. The van der Waals surface area contributed by atoms with E-state index in [4.69, 9.17) is 0 Å². The first-order chi connectivity index (χ1) is 18.0. The predicted octanol–water partition coefficient (Wildman–Crippen LogP) is 6.05. The van der Waals surface area contributed by atoms with Crippen molar-refractivity contribution in [2.45, 2.75) is 54.9 Å². The molecule has 1 aliphatic heterocycles. The van der Waals surface area contributed by atoms with E-state index in [2.05, 4.69) is 52.6 Å². The van der Waals surface area contributed by atoms with Gasteiger partial charge in [0.05, 0.1) is 23.1 Å². The van der Waals surface area contributed by atoms with Crippen LogP contribution in [0.25, 0.3) is 11.0 Å². The van der Waals surface area contributed by atoms with Crippen molar-refractivity contribution in [2.75, 3.05) is 41.6 Å². The summed E-state index contributed by atoms with van der Waals surface area (Å²) in [6, 6.07) is 3.96. The van der Waals surface area contributed by atoms with Crippen LogP contribution in [0.3, 0.4) is 0 Å². The van der Waals surface area contributed by atoms with Crippen LogP contribution in [-0.4, -0.2) is 51.9 Å². The molecule has 7 nitrogen and oxygen atoms in total. The van der Waals surface area contributed by atoms with E-state index >= 15 is 4.39 Å². The van der Waals surface area contributed by atoms with E-state index in [1.54, 1.807) is 6.20 Å². The lowest BCUT2D eigenvalue weighted by molar-refractivity contribution is 0.103. The van der Waals surface area contributed by atoms with E-state index in [-0.39, 0.29) is 11.3 Å². The highest BCUT2D eigenvalue weighted by atomic mass is 32.2. The van der Waals surface area contributed by atoms with Crippen molar-refractivity contribution in [3.63, 3.8) is 0 Å². The van der Waals surface area contributed by atoms with Gasteiger partial charge in [-0.3, -0.25) is 4.79 Å². The number of rotatable bonds is 7. The maximum Gasteiger partial charge on any atom is 0.201 e. The van der Waals surface area contributed by atoms with E-state index in [9.17, 15) is 13.4 Å². The first-order valence-corrected chi connectivity index (χ1v) is 14.4. The average molecular weight is 550 g/mol. The molecule has 38 heavy (non-hydrogen) atoms. The van der Waals surface area contributed by atoms with E-state index in [0.717, 1.165) is 44.0 Å². The Morgan fingerprint density at radius 3 is 2.39 bits per heavy atom. The average Bonchev–Trinajstić information content (AvgIpc) is 3.30. The van der Waals surface area contributed by atoms with Gasteiger partial charge in [-0.2, -0.15) is 0 Å². The number of H-pyrrole nitrogens is 1. The smallest absolute Gasteiger partial charge is 0.201 e. The second-order valence-electron chi connectivity index (χ2n) is 10.3. The van der Waals surface area contributed by atoms with Crippen molar-refractivity contribution in [2.24, 2.45) is 5.41 Å². The first-order valence-electron chi connectivity index (χ1n) is 13.1. The van der Waals surface area contributed by atoms with Gasteiger partial charge in [-0.05, 0) is 30.0 Å². The predicted molar refractivity (Wildman–Crippen MR) is 154 cm³/mol. The van der Waals surface area contributed by atoms with Crippen LogP contribution < -0.4 is 14.9 Å². The number of anilines is 2. The maximum atomic E-state index is 15.0. The standard InChI is InChI=1S/C21H23F2N5O2S.C5H12.C2H6/c1-2-9-31(30)27-17-4-3-16(22)18(19(17)23)20(29)15-12-26-21-14(15)10-13(11-25-21)28-7-5-24-6-8-28;1-5(2,3)4;1-2/h3-4,10-12,24,27H,2,5-9H2,1H3,(H,25,26);1-4H3;1-2H3. The number of ketones is 1. The van der Waals surface area contributed by atoms with Gasteiger partial charge in [-0.25, -0.2) is 18.0 Å². The van der Waals surface area contributed by atoms with Gasteiger partial charge in [0, 0.05) is 49.1 Å². The van der Waals surface area contributed by atoms with E-state index < -0.39 is 34.0 Å². The Kier molecular flexibility index (Phi) is 11.8. The van der Waals surface area contributed by atoms with Crippen LogP contribution >= 0.6 is 0 Å². The lowest BCUT2D eigenvalue weighted by Crippen LogP contribution is -2.43. The molecule has 210 valence electrons. The number of aromatic nitrogens is 2. The van der Waals surface area contributed by atoms with Crippen LogP contribution in [0.2, 0.25) is 0 Å². The molecule has 1 fully saturated rings. The monoisotopic (exact) mass is 549 g/mol. The van der Waals surface area contributed by atoms with Crippen LogP contribution in [0.4, 0.5) is 20.2 Å². The highest BCUT2D eigenvalue weighted by Crippen LogP contribution is 2.29. The normalized spacial score (nSPS) is 14.2. The summed E-state index contributed by atoms with van der Waals surface area (Å²) in [5, 5.41) is 3.77. The lowest BCUT2D eigenvalue weighted by Gasteiger charge is -2.29. The fraction of sp³-hybridized carbons (Fsp3) is 0.500. The second-order valence-corrected chi connectivity index (χ2v) is 11.6. The Labute approximate surface area is 227 Å². The van der Waals surface area contributed by atoms with Gasteiger partial charge >= 0.3 is 0 Å². The van der Waals surface area contributed by atoms with Gasteiger partial charge in [0.1, 0.15) is 22.5 Å². The van der Waals surface area contributed by atoms with Crippen LogP contribution in [0.1, 0.15) is 70.8 Å². The first kappa shape index (κ1) is 31.4. The van der Waals surface area contributed by atoms with E-state index in [0.29, 0.717) is 28.6 Å². The molecule has 0 bridgehead atoms. The Bertz CT molecular complexity index is 1230. The molecule has 1 saturated heterocycles. The third kappa shape index (κ3) is 8.59. The third-order valence-corrected chi connectivity index (χ3v) is 6.40. The van der Waals surface area contributed by atoms with E-state index in [1.807, 2.05) is 26.8 Å². The molecule has 3 aromatic rings. The summed E-state index contributed by atoms with van der Waals surface area (Å²) in [5.74, 6) is -2.53. The molecule has 4 rings (SSSR count). The summed E-state index contributed by atoms with van der Waals surface area (Å²) >= 11 is 0. The minimum absolute atomic E-state index is 0.129. The van der Waals surface area contributed by atoms with Gasteiger partial charge in [-0.1, -0.05) is 48.5 Å². The highest BCUT2D eigenvalue weighted by molar-refractivity contribution is 7.86. The Balaban J connectivity index is 0.000000651. The van der Waals surface area contributed by atoms with Crippen LogP contribution in [0, 0.1) is 17.0 Å². The summed E-state index contributed by atoms with van der Waals surface area (Å²) in [6.45, 7) is 17.9. The molecular weight excluding hydrogens is 508 g/mol. The zero-order chi connectivity index (χ0) is 28.5. The quantitative estimate of drug-likeness (QED) is 0.313. The van der Waals surface area contributed by atoms with Crippen LogP contribution in [0.15, 0.2) is 30.6 Å². The molecule has 10 heteroatoms. The van der Waals surface area contributed by atoms with Crippen molar-refractivity contribution < 1.29 is 17.8 Å². The fourth-order valence-corrected chi connectivity index (χ4v) is 4.49. The van der Waals surface area contributed by atoms with E-state index in [1.165, 1.54) is 6.20 Å². The minimum Gasteiger partial charge on any atom is -0.368 e. The summed E-state index contributed by atoms with van der Waals surface area (Å²) in [4.78, 5) is 22.6. The zero-order valence-electron chi connectivity index (χ0n) is 23.5. The molecule has 0 amide bonds. The number of carbonyl (C=O) groups excluding carboxylic acids is 1. The molecule has 0 saturated carbocycles. The summed E-state index contributed by atoms with van der Waals surface area (Å²) < 4.78 is 44.0. The molecule has 1 atom stereocenters. The molecule has 1 unspecified atom stereocenters. The van der Waals surface area contributed by atoms with Crippen molar-refractivity contribution >= 4 is 39.2 Å². The summed E-state index contributed by atoms with van der Waals surface area (Å²) in [6.07, 6.45) is 3.76. The largest absolute Gasteiger partial charge is 0.368 e. The number of piperazine rings is 1. The fourth-order valence-electron chi connectivity index (χ4n) is 3.61. The third-order valence-electron chi connectivity index (χ3n) is 5.17. The highest BCUT2D eigenvalue weighted by Gasteiger charge is 2.25. The number of nitrogens with zero attached hydrogens (tertiary/aromatic N) is 2. The molecular formula is C28H41F2N5O2S. The minimum atomic E-state index is -1.53. The van der Waals surface area contributed by atoms with Crippen molar-refractivity contribution in [3.8, 4) is 0 Å². The molecule has 1 aromatic carbocycles. The molecule has 0 radical (unpaired) electrons. The lowest BCUT2D eigenvalue weighted by atomic mass is 10.0. The molecule has 3 N–H and O–H groups in total. The van der Waals surface area contributed by atoms with Gasteiger partial charge in [0.25, 0.3) is 0 Å². The number of hydrogen-bond donors (Lipinski definition) is 3. The number of nitrogens with one attached hydrogen (secondary N) is 3. The SMILES string of the molecule is CC.CC(C)(C)C.CCCS(=O)Nc1ccc(F)c(C(=O)c2c[nH]c3ncc(N4CCNCC4)cc23)c1F. The van der Waals surface area contributed by atoms with Crippen molar-refractivity contribution in [1.82, 2.24) is 15.3 Å². The number of aromatic amines is 1. The van der Waals surface area contributed by atoms with Gasteiger partial charge < -0.3 is 19.9 Å². The van der Waals surface area contributed by atoms with Crippen molar-refractivity contribution in [1.29, 1.82) is 0 Å². The Hall–Kier alpha value is -2.85. The summed E-state index contributed by atoms with van der Waals surface area (Å²) in [7, 11) is -1.53. The van der Waals surface area contributed by atoms with Crippen LogP contribution in [-0.2, 0) is 11.0 Å². The Morgan fingerprint density at radius 2 is 1.79 bits per heavy atom. The molecule has 2 aromatic heterocycles.